The summed E-state index contributed by atoms with van der Waals surface area (Å²) in [6, 6.07) is 6.06. The normalized spacial score (nSPS) is 17.7. The third kappa shape index (κ3) is 2.00. The van der Waals surface area contributed by atoms with Crippen molar-refractivity contribution in [2.45, 2.75) is 37.6 Å². The van der Waals surface area contributed by atoms with E-state index < -0.39 is 0 Å². The van der Waals surface area contributed by atoms with Crippen molar-refractivity contribution < 1.29 is 5.21 Å². The van der Waals surface area contributed by atoms with Crippen molar-refractivity contribution in [1.29, 1.82) is 5.41 Å². The van der Waals surface area contributed by atoms with Gasteiger partial charge in [-0.2, -0.15) is 0 Å². The van der Waals surface area contributed by atoms with Crippen LogP contribution in [-0.2, 0) is 5.54 Å². The van der Waals surface area contributed by atoms with Crippen LogP contribution in [0.3, 0.4) is 0 Å². The molecule has 1 aliphatic rings. The molecule has 0 aromatic carbocycles. The van der Waals surface area contributed by atoms with E-state index in [9.17, 15) is 0 Å². The fraction of sp³-hybridized carbons (Fsp3) is 0.429. The number of nitrogens with zero attached hydrogens (tertiary/aromatic N) is 2. The minimum Gasteiger partial charge on any atom is -0.326 e. The fourth-order valence-electron chi connectivity index (χ4n) is 3.25. The zero-order valence-electron chi connectivity index (χ0n) is 10.8. The van der Waals surface area contributed by atoms with Gasteiger partial charge in [0, 0.05) is 24.2 Å². The lowest BCUT2D eigenvalue weighted by molar-refractivity contribution is 0.219. The molecule has 3 rings (SSSR count). The molecule has 19 heavy (non-hydrogen) atoms. The van der Waals surface area contributed by atoms with Gasteiger partial charge in [0.2, 0.25) is 0 Å². The van der Waals surface area contributed by atoms with Crippen LogP contribution in [0.15, 0.2) is 30.6 Å². The number of hydrogen-bond acceptors (Lipinski definition) is 3. The van der Waals surface area contributed by atoms with E-state index in [0.29, 0.717) is 6.42 Å². The van der Waals surface area contributed by atoms with Crippen LogP contribution in [0.25, 0.3) is 11.0 Å². The number of fused-ring (bicyclic) bond motifs is 1. The molecule has 0 radical (unpaired) electrons. The number of nitrogens with one attached hydrogen (secondary N) is 2. The third-order valence-corrected chi connectivity index (χ3v) is 4.13. The van der Waals surface area contributed by atoms with Crippen LogP contribution in [0, 0.1) is 5.41 Å². The number of hydroxylamine groups is 1. The van der Waals surface area contributed by atoms with Gasteiger partial charge in [0.25, 0.3) is 0 Å². The Bertz CT molecular complexity index is 598. The molecule has 1 fully saturated rings. The first-order valence-electron chi connectivity index (χ1n) is 6.65. The van der Waals surface area contributed by atoms with Crippen molar-refractivity contribution in [3.63, 3.8) is 0 Å². The summed E-state index contributed by atoms with van der Waals surface area (Å²) in [5.41, 5.74) is 2.82. The molecule has 0 aliphatic heterocycles. The number of pyridine rings is 1. The second kappa shape index (κ2) is 4.66. The highest BCUT2D eigenvalue weighted by Crippen LogP contribution is 2.41. The summed E-state index contributed by atoms with van der Waals surface area (Å²) in [5.74, 6) is 0.166. The zero-order chi connectivity index (χ0) is 13.3. The molecule has 0 bridgehead atoms. The predicted molar refractivity (Wildman–Crippen MR) is 73.4 cm³/mol. The zero-order valence-corrected chi connectivity index (χ0v) is 10.8. The number of hydrogen-bond donors (Lipinski definition) is 3. The summed E-state index contributed by atoms with van der Waals surface area (Å²) < 4.78 is 2.20. The van der Waals surface area contributed by atoms with Crippen LogP contribution in [-0.4, -0.2) is 20.6 Å². The Labute approximate surface area is 111 Å². The molecule has 2 heterocycles. The third-order valence-electron chi connectivity index (χ3n) is 4.13. The van der Waals surface area contributed by atoms with Crippen molar-refractivity contribution in [2.75, 3.05) is 0 Å². The van der Waals surface area contributed by atoms with Crippen LogP contribution >= 0.6 is 0 Å². The molecule has 5 nitrogen and oxygen atoms in total. The Balaban J connectivity index is 2.07. The summed E-state index contributed by atoms with van der Waals surface area (Å²) in [6.45, 7) is 0. The highest BCUT2D eigenvalue weighted by atomic mass is 16.5. The van der Waals surface area contributed by atoms with Gasteiger partial charge in [-0.25, -0.2) is 4.98 Å². The van der Waals surface area contributed by atoms with E-state index >= 15 is 0 Å². The average Bonchev–Trinajstić information content (AvgIpc) is 3.05. The molecule has 2 aromatic rings. The molecule has 2 aromatic heterocycles. The second-order valence-corrected chi connectivity index (χ2v) is 5.30. The first-order chi connectivity index (χ1) is 9.25. The largest absolute Gasteiger partial charge is 0.326 e. The Morgan fingerprint density at radius 1 is 1.42 bits per heavy atom. The molecule has 1 aliphatic carbocycles. The topological polar surface area (TPSA) is 73.9 Å². The summed E-state index contributed by atoms with van der Waals surface area (Å²) in [5, 5.41) is 17.8. The molecule has 0 atom stereocenters. The quantitative estimate of drug-likeness (QED) is 0.450. The minimum absolute atomic E-state index is 0.122. The lowest BCUT2D eigenvalue weighted by Crippen LogP contribution is -2.36. The molecule has 1 saturated carbocycles. The van der Waals surface area contributed by atoms with Crippen molar-refractivity contribution >= 4 is 16.9 Å². The highest BCUT2D eigenvalue weighted by molar-refractivity contribution is 5.80. The van der Waals surface area contributed by atoms with Gasteiger partial charge in [0.1, 0.15) is 11.5 Å². The van der Waals surface area contributed by atoms with Gasteiger partial charge in [-0.3, -0.25) is 16.1 Å². The maximum atomic E-state index is 8.92. The van der Waals surface area contributed by atoms with Gasteiger partial charge in [0.05, 0.1) is 5.54 Å². The molecule has 5 heteroatoms. The summed E-state index contributed by atoms with van der Waals surface area (Å²) in [4.78, 5) is 4.47. The maximum absolute atomic E-state index is 8.92. The van der Waals surface area contributed by atoms with Gasteiger partial charge >= 0.3 is 0 Å². The van der Waals surface area contributed by atoms with Crippen molar-refractivity contribution in [2.24, 2.45) is 0 Å². The van der Waals surface area contributed by atoms with Crippen LogP contribution in [0.1, 0.15) is 32.1 Å². The smallest absolute Gasteiger partial charge is 0.140 e. The summed E-state index contributed by atoms with van der Waals surface area (Å²) in [7, 11) is 0. The first-order valence-corrected chi connectivity index (χ1v) is 6.65. The average molecular weight is 258 g/mol. The molecule has 3 N–H and O–H groups in total. The van der Waals surface area contributed by atoms with Crippen molar-refractivity contribution in [3.8, 4) is 0 Å². The Morgan fingerprint density at radius 2 is 2.21 bits per heavy atom. The highest BCUT2D eigenvalue weighted by Gasteiger charge is 2.37. The van der Waals surface area contributed by atoms with Crippen LogP contribution in [0.4, 0.5) is 0 Å². The first kappa shape index (κ1) is 12.2. The maximum Gasteiger partial charge on any atom is 0.140 e. The Kier molecular flexibility index (Phi) is 2.98. The van der Waals surface area contributed by atoms with E-state index in [-0.39, 0.29) is 11.4 Å². The van der Waals surface area contributed by atoms with Crippen LogP contribution in [0.2, 0.25) is 0 Å². The van der Waals surface area contributed by atoms with Crippen molar-refractivity contribution in [3.05, 3.63) is 30.6 Å². The molecular formula is C14H18N4O. The standard InChI is InChI=1S/C14H18N4O/c15-12(17-19)10-14(6-1-2-7-14)18-9-5-11-4-3-8-16-13(11)18/h3-5,8-9,19H,1-2,6-7,10H2,(H2,15,17). The van der Waals surface area contributed by atoms with Crippen molar-refractivity contribution in [1.82, 2.24) is 15.0 Å². The fourth-order valence-corrected chi connectivity index (χ4v) is 3.25. The lowest BCUT2D eigenvalue weighted by atomic mass is 9.92. The van der Waals surface area contributed by atoms with Gasteiger partial charge in [-0.05, 0) is 31.0 Å². The monoisotopic (exact) mass is 258 g/mol. The second-order valence-electron chi connectivity index (χ2n) is 5.30. The van der Waals surface area contributed by atoms with E-state index in [1.165, 1.54) is 0 Å². The Morgan fingerprint density at radius 3 is 2.95 bits per heavy atom. The van der Waals surface area contributed by atoms with Crippen LogP contribution < -0.4 is 5.48 Å². The van der Waals surface area contributed by atoms with E-state index in [2.05, 4.69) is 27.9 Å². The molecule has 0 amide bonds. The minimum atomic E-state index is -0.122. The number of aromatic nitrogens is 2. The summed E-state index contributed by atoms with van der Waals surface area (Å²) in [6.07, 6.45) is 8.75. The van der Waals surface area contributed by atoms with Gasteiger partial charge in [-0.1, -0.05) is 12.8 Å². The van der Waals surface area contributed by atoms with Gasteiger partial charge in [0.15, 0.2) is 0 Å². The summed E-state index contributed by atoms with van der Waals surface area (Å²) >= 11 is 0. The molecule has 100 valence electrons. The van der Waals surface area contributed by atoms with E-state index in [1.54, 1.807) is 6.20 Å². The van der Waals surface area contributed by atoms with E-state index in [0.717, 1.165) is 36.7 Å². The Hall–Kier alpha value is -1.88. The predicted octanol–water partition coefficient (Wildman–Crippen LogP) is 2.65. The van der Waals surface area contributed by atoms with Gasteiger partial charge in [-0.15, -0.1) is 0 Å². The SMILES string of the molecule is N=C(CC1(n2ccc3cccnc32)CCCC1)NO. The van der Waals surface area contributed by atoms with E-state index in [4.69, 9.17) is 10.6 Å². The molecular weight excluding hydrogens is 240 g/mol. The molecule has 0 unspecified atom stereocenters. The van der Waals surface area contributed by atoms with Gasteiger partial charge < -0.3 is 4.57 Å². The lowest BCUT2D eigenvalue weighted by Gasteiger charge is -2.31. The number of rotatable bonds is 3. The van der Waals surface area contributed by atoms with E-state index in [1.807, 2.05) is 11.5 Å². The molecule has 0 saturated heterocycles. The number of amidine groups is 1. The van der Waals surface area contributed by atoms with Crippen LogP contribution in [0.5, 0.6) is 0 Å². The molecule has 0 spiro atoms.